The Morgan fingerprint density at radius 3 is 2.48 bits per heavy atom. The standard InChI is InChI=1S/C20H32N4O4S/c1-4-6-8-9-10-12-24-16-17(23(3)19(27)22-18(16)26)21-20(24)29-14-15(25)28-13-11-7-5-2/h4-14H2,1-3H3,(H,22,26,27). The molecule has 0 aliphatic rings. The SMILES string of the molecule is CCCCCCCn1c(SCC(=O)OCCCCC)nc2c1c(=O)[nH]c(=O)n2C. The minimum atomic E-state index is -0.498. The molecule has 0 aromatic carbocycles. The molecule has 8 nitrogen and oxygen atoms in total. The Hall–Kier alpha value is -2.03. The maximum atomic E-state index is 12.4. The molecule has 0 unspecified atom stereocenters. The highest BCUT2D eigenvalue weighted by Gasteiger charge is 2.18. The first-order valence-electron chi connectivity index (χ1n) is 10.5. The van der Waals surface area contributed by atoms with Gasteiger partial charge in [-0.05, 0) is 12.8 Å². The van der Waals surface area contributed by atoms with Crippen LogP contribution in [-0.2, 0) is 23.1 Å². The predicted molar refractivity (Wildman–Crippen MR) is 116 cm³/mol. The molecule has 0 aliphatic carbocycles. The van der Waals surface area contributed by atoms with Crippen molar-refractivity contribution in [1.82, 2.24) is 19.1 Å². The number of unbranched alkanes of at least 4 members (excludes halogenated alkanes) is 6. The van der Waals surface area contributed by atoms with Gasteiger partial charge in [0.05, 0.1) is 12.4 Å². The number of H-pyrrole nitrogens is 1. The molecule has 0 radical (unpaired) electrons. The van der Waals surface area contributed by atoms with Gasteiger partial charge in [0, 0.05) is 13.6 Å². The molecule has 0 saturated heterocycles. The van der Waals surface area contributed by atoms with Crippen LogP contribution >= 0.6 is 11.8 Å². The molecule has 162 valence electrons. The second-order valence-electron chi connectivity index (χ2n) is 7.17. The maximum absolute atomic E-state index is 12.4. The summed E-state index contributed by atoms with van der Waals surface area (Å²) in [6, 6.07) is 0. The number of aromatic amines is 1. The van der Waals surface area contributed by atoms with Gasteiger partial charge in [0.1, 0.15) is 0 Å². The van der Waals surface area contributed by atoms with Crippen molar-refractivity contribution >= 4 is 28.9 Å². The number of hydrogen-bond acceptors (Lipinski definition) is 6. The van der Waals surface area contributed by atoms with Crippen LogP contribution in [0, 0.1) is 0 Å². The molecule has 0 saturated carbocycles. The van der Waals surface area contributed by atoms with Crippen LogP contribution in [0.15, 0.2) is 14.7 Å². The number of aromatic nitrogens is 4. The van der Waals surface area contributed by atoms with Crippen molar-refractivity contribution in [3.63, 3.8) is 0 Å². The van der Waals surface area contributed by atoms with E-state index < -0.39 is 11.2 Å². The minimum absolute atomic E-state index is 0.122. The summed E-state index contributed by atoms with van der Waals surface area (Å²) in [6.07, 6.45) is 8.42. The second kappa shape index (κ2) is 11.8. The molecule has 9 heteroatoms. The molecule has 2 aromatic rings. The monoisotopic (exact) mass is 424 g/mol. The van der Waals surface area contributed by atoms with Gasteiger partial charge in [-0.15, -0.1) is 0 Å². The summed E-state index contributed by atoms with van der Waals surface area (Å²) in [5.74, 6) is -0.174. The van der Waals surface area contributed by atoms with E-state index in [1.807, 2.05) is 4.57 Å². The number of imidazole rings is 1. The van der Waals surface area contributed by atoms with Crippen LogP contribution in [-0.4, -0.2) is 37.4 Å². The first-order chi connectivity index (χ1) is 14.0. The zero-order valence-corrected chi connectivity index (χ0v) is 18.5. The van der Waals surface area contributed by atoms with E-state index in [9.17, 15) is 14.4 Å². The Labute approximate surface area is 175 Å². The maximum Gasteiger partial charge on any atom is 0.329 e. The van der Waals surface area contributed by atoms with Crippen LogP contribution in [0.25, 0.3) is 11.2 Å². The number of hydrogen-bond donors (Lipinski definition) is 1. The quantitative estimate of drug-likeness (QED) is 0.301. The number of aryl methyl sites for hydroxylation is 2. The summed E-state index contributed by atoms with van der Waals surface area (Å²) in [4.78, 5) is 43.2. The van der Waals surface area contributed by atoms with Crippen molar-refractivity contribution in [2.45, 2.75) is 76.9 Å². The number of fused-ring (bicyclic) bond motifs is 1. The highest BCUT2D eigenvalue weighted by molar-refractivity contribution is 7.99. The van der Waals surface area contributed by atoms with Crippen molar-refractivity contribution in [3.05, 3.63) is 20.8 Å². The van der Waals surface area contributed by atoms with E-state index in [0.29, 0.717) is 29.5 Å². The molecule has 0 bridgehead atoms. The van der Waals surface area contributed by atoms with E-state index >= 15 is 0 Å². The number of thioether (sulfide) groups is 1. The number of carbonyl (C=O) groups is 1. The van der Waals surface area contributed by atoms with E-state index in [1.54, 1.807) is 7.05 Å². The molecule has 0 fully saturated rings. The number of nitrogens with one attached hydrogen (secondary N) is 1. The van der Waals surface area contributed by atoms with E-state index in [2.05, 4.69) is 23.8 Å². The van der Waals surface area contributed by atoms with Gasteiger partial charge in [-0.2, -0.15) is 0 Å². The number of ether oxygens (including phenoxy) is 1. The Kier molecular flexibility index (Phi) is 9.50. The zero-order chi connectivity index (χ0) is 21.2. The minimum Gasteiger partial charge on any atom is -0.465 e. The molecule has 0 atom stereocenters. The lowest BCUT2D eigenvalue weighted by atomic mass is 10.1. The van der Waals surface area contributed by atoms with Crippen LogP contribution in [0.2, 0.25) is 0 Å². The molecule has 1 N–H and O–H groups in total. The highest BCUT2D eigenvalue weighted by atomic mass is 32.2. The molecule has 0 spiro atoms. The molecular weight excluding hydrogens is 392 g/mol. The van der Waals surface area contributed by atoms with Gasteiger partial charge in [-0.3, -0.25) is 19.1 Å². The van der Waals surface area contributed by atoms with Gasteiger partial charge in [-0.1, -0.05) is 64.1 Å². The second-order valence-corrected chi connectivity index (χ2v) is 8.11. The Balaban J connectivity index is 2.16. The molecule has 2 heterocycles. The predicted octanol–water partition coefficient (Wildman–Crippen LogP) is 3.22. The smallest absolute Gasteiger partial charge is 0.329 e. The van der Waals surface area contributed by atoms with Crippen molar-refractivity contribution < 1.29 is 9.53 Å². The third-order valence-corrected chi connectivity index (χ3v) is 5.74. The number of carbonyl (C=O) groups excluding carboxylic acids is 1. The average molecular weight is 425 g/mol. The number of nitrogens with zero attached hydrogens (tertiary/aromatic N) is 3. The average Bonchev–Trinajstić information content (AvgIpc) is 3.07. The van der Waals surface area contributed by atoms with Crippen LogP contribution in [0.5, 0.6) is 0 Å². The molecule has 2 rings (SSSR count). The first-order valence-corrected chi connectivity index (χ1v) is 11.5. The van der Waals surface area contributed by atoms with Gasteiger partial charge < -0.3 is 9.30 Å². The first kappa shape index (κ1) is 23.3. The molecule has 2 aromatic heterocycles. The van der Waals surface area contributed by atoms with Gasteiger partial charge in [0.2, 0.25) is 0 Å². The molecule has 0 aliphatic heterocycles. The van der Waals surface area contributed by atoms with Gasteiger partial charge in [-0.25, -0.2) is 9.78 Å². The highest BCUT2D eigenvalue weighted by Crippen LogP contribution is 2.22. The normalized spacial score (nSPS) is 11.3. The van der Waals surface area contributed by atoms with Gasteiger partial charge >= 0.3 is 11.7 Å². The van der Waals surface area contributed by atoms with Crippen LogP contribution < -0.4 is 11.2 Å². The fraction of sp³-hybridized carbons (Fsp3) is 0.700. The lowest BCUT2D eigenvalue weighted by molar-refractivity contribution is -0.140. The fourth-order valence-electron chi connectivity index (χ4n) is 3.11. The van der Waals surface area contributed by atoms with Crippen molar-refractivity contribution in [2.75, 3.05) is 12.4 Å². The summed E-state index contributed by atoms with van der Waals surface area (Å²) >= 11 is 1.25. The summed E-state index contributed by atoms with van der Waals surface area (Å²) in [5.41, 5.74) is -0.229. The van der Waals surface area contributed by atoms with Crippen LogP contribution in [0.3, 0.4) is 0 Å². The third kappa shape index (κ3) is 6.48. The van der Waals surface area contributed by atoms with Gasteiger partial charge in [0.25, 0.3) is 5.56 Å². The molecular formula is C20H32N4O4S. The summed E-state index contributed by atoms with van der Waals surface area (Å²) < 4.78 is 8.41. The topological polar surface area (TPSA) is 99.0 Å². The van der Waals surface area contributed by atoms with Gasteiger partial charge in [0.15, 0.2) is 16.3 Å². The van der Waals surface area contributed by atoms with Crippen molar-refractivity contribution in [3.8, 4) is 0 Å². The fourth-order valence-corrected chi connectivity index (χ4v) is 3.93. The van der Waals surface area contributed by atoms with Crippen molar-refractivity contribution in [2.24, 2.45) is 7.05 Å². The van der Waals surface area contributed by atoms with Crippen LogP contribution in [0.4, 0.5) is 0 Å². The van der Waals surface area contributed by atoms with E-state index in [0.717, 1.165) is 44.9 Å². The molecule has 29 heavy (non-hydrogen) atoms. The van der Waals surface area contributed by atoms with E-state index in [-0.39, 0.29) is 11.7 Å². The Morgan fingerprint density at radius 1 is 1.07 bits per heavy atom. The molecule has 0 amide bonds. The number of esters is 1. The lowest BCUT2D eigenvalue weighted by Gasteiger charge is -2.08. The largest absolute Gasteiger partial charge is 0.465 e. The zero-order valence-electron chi connectivity index (χ0n) is 17.7. The van der Waals surface area contributed by atoms with Crippen LogP contribution in [0.1, 0.15) is 65.2 Å². The van der Waals surface area contributed by atoms with E-state index in [4.69, 9.17) is 4.74 Å². The Morgan fingerprint density at radius 2 is 1.76 bits per heavy atom. The lowest BCUT2D eigenvalue weighted by Crippen LogP contribution is -2.29. The van der Waals surface area contributed by atoms with E-state index in [1.165, 1.54) is 22.7 Å². The Bertz CT molecular complexity index is 916. The van der Waals surface area contributed by atoms with Crippen molar-refractivity contribution in [1.29, 1.82) is 0 Å². The number of rotatable bonds is 13. The summed E-state index contributed by atoms with van der Waals surface area (Å²) in [7, 11) is 1.58. The summed E-state index contributed by atoms with van der Waals surface area (Å²) in [5, 5.41) is 0.563. The third-order valence-electron chi connectivity index (χ3n) is 4.79. The summed E-state index contributed by atoms with van der Waals surface area (Å²) in [6.45, 7) is 5.31.